The van der Waals surface area contributed by atoms with E-state index in [0.29, 0.717) is 12.3 Å². The summed E-state index contributed by atoms with van der Waals surface area (Å²) in [5.41, 5.74) is 3.32. The van der Waals surface area contributed by atoms with E-state index < -0.39 is 6.10 Å². The first-order chi connectivity index (χ1) is 13.2. The van der Waals surface area contributed by atoms with Crippen LogP contribution in [0.5, 0.6) is 5.88 Å². The molecule has 3 rings (SSSR count). The molecule has 0 spiro atoms. The molecule has 1 aromatic carbocycles. The van der Waals surface area contributed by atoms with Crippen molar-refractivity contribution < 1.29 is 9.84 Å². The molecule has 1 heterocycles. The molecule has 0 saturated carbocycles. The molecule has 0 saturated heterocycles. The Bertz CT molecular complexity index is 781. The Morgan fingerprint density at radius 2 is 2.00 bits per heavy atom. The van der Waals surface area contributed by atoms with Gasteiger partial charge in [0.05, 0.1) is 13.2 Å². The van der Waals surface area contributed by atoms with Crippen molar-refractivity contribution in [1.29, 1.82) is 0 Å². The molecule has 0 aliphatic heterocycles. The summed E-state index contributed by atoms with van der Waals surface area (Å²) in [6.45, 7) is 0. The third-order valence-corrected chi connectivity index (χ3v) is 5.27. The number of methoxy groups -OCH3 is 1. The molecule has 3 nitrogen and oxygen atoms in total. The van der Waals surface area contributed by atoms with Crippen molar-refractivity contribution in [3.63, 3.8) is 0 Å². The zero-order valence-electron chi connectivity index (χ0n) is 15.6. The second-order valence-corrected chi connectivity index (χ2v) is 7.36. The van der Waals surface area contributed by atoms with Crippen LogP contribution in [0.15, 0.2) is 60.3 Å². The average Bonchev–Trinajstić information content (AvgIpc) is 2.73. The number of hydrogen-bond donors (Lipinski definition) is 1. The number of aliphatic hydroxyl groups is 1. The molecule has 2 atom stereocenters. The van der Waals surface area contributed by atoms with Crippen LogP contribution in [0.1, 0.15) is 49.1 Å². The van der Waals surface area contributed by atoms with E-state index in [0.717, 1.165) is 35.4 Å². The number of hydrogen-bond acceptors (Lipinski definition) is 3. The summed E-state index contributed by atoms with van der Waals surface area (Å²) < 4.78 is 5.17. The Balaban J connectivity index is 1.80. The molecular formula is C23H26ClNO2. The third-order valence-electron chi connectivity index (χ3n) is 5.02. The second-order valence-electron chi connectivity index (χ2n) is 6.93. The molecule has 0 fully saturated rings. The number of nitrogens with zero attached hydrogens (tertiary/aromatic N) is 1. The SMILES string of the molecule is COc1ccc([C@@H](/C=C/c2ccc(Cl)cc2)C[C@H](O)C2=CCCCC2)cn1. The largest absolute Gasteiger partial charge is 0.481 e. The van der Waals surface area contributed by atoms with Crippen LogP contribution in [0.25, 0.3) is 6.08 Å². The van der Waals surface area contributed by atoms with Crippen molar-refractivity contribution in [2.75, 3.05) is 7.11 Å². The van der Waals surface area contributed by atoms with Crippen LogP contribution in [-0.2, 0) is 0 Å². The molecule has 1 aliphatic rings. The minimum Gasteiger partial charge on any atom is -0.481 e. The van der Waals surface area contributed by atoms with E-state index in [1.165, 1.54) is 12.0 Å². The Labute approximate surface area is 166 Å². The smallest absolute Gasteiger partial charge is 0.212 e. The highest BCUT2D eigenvalue weighted by atomic mass is 35.5. The van der Waals surface area contributed by atoms with E-state index in [2.05, 4.69) is 23.2 Å². The van der Waals surface area contributed by atoms with Crippen LogP contribution in [-0.4, -0.2) is 23.3 Å². The molecule has 1 N–H and O–H groups in total. The lowest BCUT2D eigenvalue weighted by Gasteiger charge is -2.22. The van der Waals surface area contributed by atoms with Crippen molar-refractivity contribution >= 4 is 17.7 Å². The summed E-state index contributed by atoms with van der Waals surface area (Å²) in [4.78, 5) is 4.33. The monoisotopic (exact) mass is 383 g/mol. The molecule has 1 aromatic heterocycles. The van der Waals surface area contributed by atoms with Gasteiger partial charge in [0.15, 0.2) is 0 Å². The van der Waals surface area contributed by atoms with Crippen molar-refractivity contribution in [3.05, 3.63) is 76.5 Å². The van der Waals surface area contributed by atoms with Crippen LogP contribution in [0.4, 0.5) is 0 Å². The molecule has 0 radical (unpaired) electrons. The topological polar surface area (TPSA) is 42.4 Å². The number of rotatable bonds is 7. The zero-order valence-corrected chi connectivity index (χ0v) is 16.4. The lowest BCUT2D eigenvalue weighted by molar-refractivity contribution is 0.189. The number of ether oxygens (including phenoxy) is 1. The molecular weight excluding hydrogens is 358 g/mol. The maximum Gasteiger partial charge on any atom is 0.212 e. The van der Waals surface area contributed by atoms with E-state index in [4.69, 9.17) is 16.3 Å². The van der Waals surface area contributed by atoms with E-state index in [9.17, 15) is 5.11 Å². The fraction of sp³-hybridized carbons (Fsp3) is 0.348. The van der Waals surface area contributed by atoms with Gasteiger partial charge < -0.3 is 9.84 Å². The summed E-state index contributed by atoms with van der Waals surface area (Å²) in [6.07, 6.45) is 12.9. The van der Waals surface area contributed by atoms with Gasteiger partial charge in [0.2, 0.25) is 5.88 Å². The van der Waals surface area contributed by atoms with Crippen molar-refractivity contribution in [1.82, 2.24) is 4.98 Å². The van der Waals surface area contributed by atoms with Gasteiger partial charge in [-0.25, -0.2) is 4.98 Å². The van der Waals surface area contributed by atoms with Crippen LogP contribution in [0.3, 0.4) is 0 Å². The quantitative estimate of drug-likeness (QED) is 0.615. The van der Waals surface area contributed by atoms with Crippen molar-refractivity contribution in [2.45, 2.75) is 44.1 Å². The van der Waals surface area contributed by atoms with Crippen LogP contribution < -0.4 is 4.74 Å². The first-order valence-electron chi connectivity index (χ1n) is 9.46. The molecule has 0 amide bonds. The number of benzene rings is 1. The maximum absolute atomic E-state index is 10.8. The molecule has 142 valence electrons. The fourth-order valence-corrected chi connectivity index (χ4v) is 3.54. The Morgan fingerprint density at radius 1 is 1.19 bits per heavy atom. The van der Waals surface area contributed by atoms with Gasteiger partial charge in [0, 0.05) is 23.2 Å². The first-order valence-corrected chi connectivity index (χ1v) is 9.84. The standard InChI is InChI=1S/C23H26ClNO2/c1-27-23-14-11-20(16-25-23)19(10-7-17-8-12-21(24)13-9-17)15-22(26)18-5-3-2-4-6-18/h5,7-14,16,19,22,26H,2-4,6,15H2,1H3/b10-7+/t19-,22-/m0/s1. The number of allylic oxidation sites excluding steroid dienone is 2. The molecule has 0 bridgehead atoms. The number of pyridine rings is 1. The van der Waals surface area contributed by atoms with Crippen LogP contribution >= 0.6 is 11.6 Å². The summed E-state index contributed by atoms with van der Waals surface area (Å²) >= 11 is 5.97. The Hall–Kier alpha value is -2.10. The van der Waals surface area contributed by atoms with Gasteiger partial charge in [0.25, 0.3) is 0 Å². The summed E-state index contributed by atoms with van der Waals surface area (Å²) in [7, 11) is 1.61. The zero-order chi connectivity index (χ0) is 19.1. The normalized spacial score (nSPS) is 16.8. The number of aromatic nitrogens is 1. The third kappa shape index (κ3) is 5.69. The molecule has 1 aliphatic carbocycles. The minimum atomic E-state index is -0.424. The lowest BCUT2D eigenvalue weighted by Crippen LogP contribution is -2.16. The summed E-state index contributed by atoms with van der Waals surface area (Å²) in [5.74, 6) is 0.659. The highest BCUT2D eigenvalue weighted by Gasteiger charge is 2.19. The van der Waals surface area contributed by atoms with Gasteiger partial charge in [-0.3, -0.25) is 0 Å². The molecule has 2 aromatic rings. The average molecular weight is 384 g/mol. The van der Waals surface area contributed by atoms with Crippen molar-refractivity contribution in [3.8, 4) is 5.88 Å². The maximum atomic E-state index is 10.8. The van der Waals surface area contributed by atoms with Gasteiger partial charge in [-0.1, -0.05) is 48.0 Å². The van der Waals surface area contributed by atoms with E-state index in [1.807, 2.05) is 42.6 Å². The highest BCUT2D eigenvalue weighted by molar-refractivity contribution is 6.30. The van der Waals surface area contributed by atoms with Gasteiger partial charge in [0.1, 0.15) is 0 Å². The fourth-order valence-electron chi connectivity index (χ4n) is 3.42. The first kappa shape index (κ1) is 19.7. The number of aliphatic hydroxyl groups excluding tert-OH is 1. The minimum absolute atomic E-state index is 0.0666. The van der Waals surface area contributed by atoms with Crippen LogP contribution in [0.2, 0.25) is 5.02 Å². The van der Waals surface area contributed by atoms with Gasteiger partial charge in [-0.05, 0) is 60.9 Å². The van der Waals surface area contributed by atoms with Gasteiger partial charge in [-0.2, -0.15) is 0 Å². The summed E-state index contributed by atoms with van der Waals surface area (Å²) in [5, 5.41) is 11.5. The van der Waals surface area contributed by atoms with E-state index >= 15 is 0 Å². The Kier molecular flexibility index (Phi) is 7.08. The van der Waals surface area contributed by atoms with Gasteiger partial charge >= 0.3 is 0 Å². The molecule has 27 heavy (non-hydrogen) atoms. The molecule has 0 unspecified atom stereocenters. The highest BCUT2D eigenvalue weighted by Crippen LogP contribution is 2.30. The Morgan fingerprint density at radius 3 is 2.63 bits per heavy atom. The van der Waals surface area contributed by atoms with Gasteiger partial charge in [-0.15, -0.1) is 0 Å². The predicted octanol–water partition coefficient (Wildman–Crippen LogP) is 5.79. The number of halogens is 1. The van der Waals surface area contributed by atoms with E-state index in [-0.39, 0.29) is 5.92 Å². The van der Waals surface area contributed by atoms with Crippen LogP contribution in [0, 0.1) is 0 Å². The van der Waals surface area contributed by atoms with E-state index in [1.54, 1.807) is 7.11 Å². The predicted molar refractivity (Wildman–Crippen MR) is 111 cm³/mol. The van der Waals surface area contributed by atoms with Crippen molar-refractivity contribution in [2.24, 2.45) is 0 Å². The second kappa shape index (κ2) is 9.72. The lowest BCUT2D eigenvalue weighted by atomic mass is 9.87. The summed E-state index contributed by atoms with van der Waals surface area (Å²) in [6, 6.07) is 11.6. The molecule has 4 heteroatoms.